The maximum absolute atomic E-state index is 12.0. The van der Waals surface area contributed by atoms with Crippen molar-refractivity contribution in [1.29, 1.82) is 0 Å². The number of rotatable bonds is 5. The van der Waals surface area contributed by atoms with Crippen LogP contribution < -0.4 is 5.32 Å². The molecule has 0 radical (unpaired) electrons. The third-order valence-electron chi connectivity index (χ3n) is 2.10. The third kappa shape index (κ3) is 6.73. The van der Waals surface area contributed by atoms with Gasteiger partial charge in [-0.2, -0.15) is 0 Å². The molecule has 0 aromatic carbocycles. The van der Waals surface area contributed by atoms with Crippen molar-refractivity contribution in [3.05, 3.63) is 11.1 Å². The van der Waals surface area contributed by atoms with E-state index in [9.17, 15) is 14.4 Å². The zero-order valence-electron chi connectivity index (χ0n) is 14.0. The van der Waals surface area contributed by atoms with Crippen LogP contribution in [0.1, 0.15) is 40.3 Å². The molecule has 1 heterocycles. The molecular formula is C14H19N3O6S. The van der Waals surface area contributed by atoms with Crippen LogP contribution in [0.25, 0.3) is 0 Å². The molecule has 0 aliphatic rings. The van der Waals surface area contributed by atoms with Crippen molar-refractivity contribution in [2.75, 3.05) is 11.9 Å². The van der Waals surface area contributed by atoms with Gasteiger partial charge < -0.3 is 14.8 Å². The van der Waals surface area contributed by atoms with Gasteiger partial charge >= 0.3 is 12.1 Å². The lowest BCUT2D eigenvalue weighted by Crippen LogP contribution is -2.25. The first-order valence-corrected chi connectivity index (χ1v) is 7.89. The summed E-state index contributed by atoms with van der Waals surface area (Å²) in [6.07, 6.45) is -1.07. The predicted molar refractivity (Wildman–Crippen MR) is 86.9 cm³/mol. The minimum absolute atomic E-state index is 0.103. The SMILES string of the molecule is CCOC(=O)C(=NOC(=O)OC(C)(C)C)c1csc(NC(C)=O)n1. The van der Waals surface area contributed by atoms with Crippen LogP contribution in [0.4, 0.5) is 9.93 Å². The molecule has 9 nitrogen and oxygen atoms in total. The molecule has 0 saturated heterocycles. The standard InChI is InChI=1S/C14H19N3O6S/c1-6-21-11(19)10(17-23-13(20)22-14(3,4)5)9-7-24-12(16-9)15-8(2)18/h7H,6H2,1-5H3,(H,15,16,18). The molecule has 0 aliphatic carbocycles. The van der Waals surface area contributed by atoms with Crippen LogP contribution in [0.5, 0.6) is 0 Å². The molecule has 10 heteroatoms. The van der Waals surface area contributed by atoms with E-state index >= 15 is 0 Å². The van der Waals surface area contributed by atoms with Crippen molar-refractivity contribution in [2.24, 2.45) is 5.16 Å². The quantitative estimate of drug-likeness (QED) is 0.372. The van der Waals surface area contributed by atoms with Gasteiger partial charge in [0, 0.05) is 12.3 Å². The van der Waals surface area contributed by atoms with E-state index in [4.69, 9.17) is 9.47 Å². The van der Waals surface area contributed by atoms with E-state index in [-0.39, 0.29) is 29.1 Å². The summed E-state index contributed by atoms with van der Waals surface area (Å²) in [6.45, 7) is 8.02. The zero-order valence-corrected chi connectivity index (χ0v) is 14.9. The van der Waals surface area contributed by atoms with Crippen LogP contribution in [0.3, 0.4) is 0 Å². The summed E-state index contributed by atoms with van der Waals surface area (Å²) in [5.41, 5.74) is -0.975. The monoisotopic (exact) mass is 357 g/mol. The second-order valence-corrected chi connectivity index (χ2v) is 6.29. The number of amides is 1. The van der Waals surface area contributed by atoms with Gasteiger partial charge in [-0.3, -0.25) is 9.63 Å². The minimum atomic E-state index is -1.07. The number of ether oxygens (including phenoxy) is 2. The van der Waals surface area contributed by atoms with Crippen LogP contribution in [0, 0.1) is 0 Å². The summed E-state index contributed by atoms with van der Waals surface area (Å²) in [6, 6.07) is 0. The lowest BCUT2D eigenvalue weighted by atomic mass is 10.2. The summed E-state index contributed by atoms with van der Waals surface area (Å²) in [7, 11) is 0. The second-order valence-electron chi connectivity index (χ2n) is 5.44. The van der Waals surface area contributed by atoms with Gasteiger partial charge in [0.2, 0.25) is 11.6 Å². The molecule has 0 saturated carbocycles. The van der Waals surface area contributed by atoms with Crippen molar-refractivity contribution >= 4 is 40.2 Å². The van der Waals surface area contributed by atoms with Crippen LogP contribution >= 0.6 is 11.3 Å². The maximum Gasteiger partial charge on any atom is 0.535 e. The highest BCUT2D eigenvalue weighted by molar-refractivity contribution is 7.14. The number of oxime groups is 1. The Hall–Kier alpha value is -2.49. The molecule has 0 bridgehead atoms. The molecule has 1 N–H and O–H groups in total. The Labute approximate surface area is 143 Å². The number of esters is 1. The molecular weight excluding hydrogens is 338 g/mol. The number of hydrogen-bond donors (Lipinski definition) is 1. The summed E-state index contributed by atoms with van der Waals surface area (Å²) < 4.78 is 9.78. The minimum Gasteiger partial charge on any atom is -0.461 e. The Bertz CT molecular complexity index is 647. The van der Waals surface area contributed by atoms with Gasteiger partial charge in [-0.05, 0) is 27.7 Å². The summed E-state index contributed by atoms with van der Waals surface area (Å²) in [5.74, 6) is -1.13. The van der Waals surface area contributed by atoms with Crippen molar-refractivity contribution in [1.82, 2.24) is 4.98 Å². The number of thiazole rings is 1. The largest absolute Gasteiger partial charge is 0.535 e. The number of nitrogens with one attached hydrogen (secondary N) is 1. The van der Waals surface area contributed by atoms with E-state index in [1.165, 1.54) is 12.3 Å². The van der Waals surface area contributed by atoms with E-state index in [2.05, 4.69) is 20.3 Å². The Kier molecular flexibility index (Phi) is 6.83. The van der Waals surface area contributed by atoms with Gasteiger partial charge in [-0.1, -0.05) is 5.16 Å². The van der Waals surface area contributed by atoms with Gasteiger partial charge in [0.05, 0.1) is 6.61 Å². The smallest absolute Gasteiger partial charge is 0.461 e. The summed E-state index contributed by atoms with van der Waals surface area (Å²) in [4.78, 5) is 43.2. The number of carbonyl (C=O) groups is 3. The van der Waals surface area contributed by atoms with E-state index in [1.54, 1.807) is 27.7 Å². The second kappa shape index (κ2) is 8.39. The normalized spacial score (nSPS) is 11.6. The fraction of sp³-hybridized carbons (Fsp3) is 0.500. The maximum atomic E-state index is 12.0. The van der Waals surface area contributed by atoms with Crippen molar-refractivity contribution in [2.45, 2.75) is 40.2 Å². The van der Waals surface area contributed by atoms with Crippen molar-refractivity contribution < 1.29 is 28.7 Å². The summed E-state index contributed by atoms with van der Waals surface area (Å²) in [5, 5.41) is 7.71. The number of aromatic nitrogens is 1. The fourth-order valence-corrected chi connectivity index (χ4v) is 2.07. The first-order valence-electron chi connectivity index (χ1n) is 7.01. The van der Waals surface area contributed by atoms with Crippen LogP contribution in [0.15, 0.2) is 10.5 Å². The fourth-order valence-electron chi connectivity index (χ4n) is 1.33. The van der Waals surface area contributed by atoms with E-state index in [0.717, 1.165) is 11.3 Å². The number of hydrogen-bond acceptors (Lipinski definition) is 9. The predicted octanol–water partition coefficient (Wildman–Crippen LogP) is 2.32. The topological polar surface area (TPSA) is 116 Å². The average Bonchev–Trinajstić information content (AvgIpc) is 2.84. The van der Waals surface area contributed by atoms with E-state index in [1.807, 2.05) is 0 Å². The van der Waals surface area contributed by atoms with Gasteiger partial charge in [-0.15, -0.1) is 11.3 Å². The molecule has 132 valence electrons. The van der Waals surface area contributed by atoms with E-state index < -0.39 is 17.7 Å². The lowest BCUT2D eigenvalue weighted by Gasteiger charge is -2.17. The Morgan fingerprint density at radius 3 is 2.54 bits per heavy atom. The van der Waals surface area contributed by atoms with Crippen LogP contribution in [0.2, 0.25) is 0 Å². The molecule has 1 rings (SSSR count). The molecule has 0 spiro atoms. The molecule has 24 heavy (non-hydrogen) atoms. The van der Waals surface area contributed by atoms with E-state index in [0.29, 0.717) is 0 Å². The van der Waals surface area contributed by atoms with Crippen molar-refractivity contribution in [3.8, 4) is 0 Å². The highest BCUT2D eigenvalue weighted by Gasteiger charge is 2.23. The third-order valence-corrected chi connectivity index (χ3v) is 2.86. The highest BCUT2D eigenvalue weighted by atomic mass is 32.1. The van der Waals surface area contributed by atoms with Gasteiger partial charge in [0.15, 0.2) is 5.13 Å². The number of nitrogens with zero attached hydrogens (tertiary/aromatic N) is 2. The lowest BCUT2D eigenvalue weighted by molar-refractivity contribution is -0.135. The Morgan fingerprint density at radius 1 is 1.33 bits per heavy atom. The molecule has 0 atom stereocenters. The molecule has 0 aliphatic heterocycles. The van der Waals surface area contributed by atoms with Crippen LogP contribution in [-0.2, 0) is 23.9 Å². The number of carbonyl (C=O) groups excluding carboxylic acids is 3. The summed E-state index contributed by atoms with van der Waals surface area (Å²) >= 11 is 1.08. The first-order chi connectivity index (χ1) is 11.1. The molecule has 1 aromatic heterocycles. The first kappa shape index (κ1) is 19.6. The molecule has 0 fully saturated rings. The molecule has 1 aromatic rings. The average molecular weight is 357 g/mol. The Morgan fingerprint density at radius 2 is 2.00 bits per heavy atom. The van der Waals surface area contributed by atoms with Gasteiger partial charge in [0.1, 0.15) is 11.3 Å². The van der Waals surface area contributed by atoms with Gasteiger partial charge in [0.25, 0.3) is 0 Å². The molecule has 0 unspecified atom stereocenters. The van der Waals surface area contributed by atoms with Gasteiger partial charge in [-0.25, -0.2) is 14.6 Å². The Balaban J connectivity index is 2.97. The molecule has 1 amide bonds. The van der Waals surface area contributed by atoms with Crippen molar-refractivity contribution in [3.63, 3.8) is 0 Å². The zero-order chi connectivity index (χ0) is 18.3. The van der Waals surface area contributed by atoms with Crippen LogP contribution in [-0.4, -0.2) is 40.9 Å². The number of anilines is 1. The highest BCUT2D eigenvalue weighted by Crippen LogP contribution is 2.17.